The Labute approximate surface area is 192 Å². The molecule has 2 aliphatic heterocycles. The normalized spacial score (nSPS) is 21.8. The summed E-state index contributed by atoms with van der Waals surface area (Å²) in [5.41, 5.74) is 0.531. The van der Waals surface area contributed by atoms with Gasteiger partial charge in [-0.2, -0.15) is 0 Å². The third-order valence-corrected chi connectivity index (χ3v) is 6.22. The largest absolute Gasteiger partial charge is 0.490 e. The van der Waals surface area contributed by atoms with Crippen LogP contribution in [-0.4, -0.2) is 74.1 Å². The minimum Gasteiger partial charge on any atom is -0.490 e. The van der Waals surface area contributed by atoms with Gasteiger partial charge in [-0.15, -0.1) is 0 Å². The van der Waals surface area contributed by atoms with Gasteiger partial charge in [0.2, 0.25) is 0 Å². The third-order valence-electron chi connectivity index (χ3n) is 6.22. The number of carbonyl (C=O) groups excluding carboxylic acids is 2. The molecule has 3 rings (SSSR count). The van der Waals surface area contributed by atoms with Gasteiger partial charge in [0.05, 0.1) is 6.61 Å². The molecule has 0 aromatic heterocycles. The Morgan fingerprint density at radius 1 is 1.03 bits per heavy atom. The second-order valence-corrected chi connectivity index (χ2v) is 9.29. The van der Waals surface area contributed by atoms with Gasteiger partial charge >= 0.3 is 0 Å². The third kappa shape index (κ3) is 7.12. The molecular formula is C25H39N3O4. The van der Waals surface area contributed by atoms with E-state index >= 15 is 0 Å². The fourth-order valence-electron chi connectivity index (χ4n) is 4.82. The van der Waals surface area contributed by atoms with Crippen LogP contribution in [0.1, 0.15) is 56.8 Å². The van der Waals surface area contributed by atoms with Gasteiger partial charge in [0.25, 0.3) is 11.8 Å². The fraction of sp³-hybridized carbons (Fsp3) is 0.680. The minimum atomic E-state index is -0.125. The summed E-state index contributed by atoms with van der Waals surface area (Å²) < 4.78 is 11.5. The van der Waals surface area contributed by atoms with Crippen molar-refractivity contribution in [3.63, 3.8) is 0 Å². The molecule has 1 aromatic rings. The van der Waals surface area contributed by atoms with Gasteiger partial charge in [-0.1, -0.05) is 13.8 Å². The number of likely N-dealkylation sites (tertiary alicyclic amines) is 2. The second-order valence-electron chi connectivity index (χ2n) is 9.29. The van der Waals surface area contributed by atoms with E-state index in [4.69, 9.17) is 9.47 Å². The maximum absolute atomic E-state index is 12.7. The highest BCUT2D eigenvalue weighted by Gasteiger charge is 2.22. The molecule has 1 aromatic carbocycles. The zero-order valence-corrected chi connectivity index (χ0v) is 19.9. The van der Waals surface area contributed by atoms with Crippen LogP contribution in [-0.2, 0) is 4.79 Å². The molecule has 32 heavy (non-hydrogen) atoms. The summed E-state index contributed by atoms with van der Waals surface area (Å²) in [5.74, 6) is 2.26. The van der Waals surface area contributed by atoms with Crippen LogP contribution in [0.2, 0.25) is 0 Å². The second kappa shape index (κ2) is 12.1. The number of benzene rings is 1. The standard InChI is InChI=1S/C25H39N3O4/c1-4-31-23-15-21(25(30)26-10-13-27-16-19(2)14-20(3)17-27)8-9-22(23)32-18-24(29)28-11-6-5-7-12-28/h8-9,15,19-20H,4-7,10-14,16-18H2,1-3H3,(H,26,30). The van der Waals surface area contributed by atoms with Crippen molar-refractivity contribution in [2.75, 3.05) is 52.5 Å². The molecule has 7 nitrogen and oxygen atoms in total. The molecule has 2 saturated heterocycles. The van der Waals surface area contributed by atoms with E-state index in [0.717, 1.165) is 45.6 Å². The topological polar surface area (TPSA) is 71.1 Å². The number of nitrogens with zero attached hydrogens (tertiary/aromatic N) is 2. The predicted octanol–water partition coefficient (Wildman–Crippen LogP) is 3.18. The first-order valence-electron chi connectivity index (χ1n) is 12.1. The Morgan fingerprint density at radius 3 is 2.44 bits per heavy atom. The highest BCUT2D eigenvalue weighted by Crippen LogP contribution is 2.29. The lowest BCUT2D eigenvalue weighted by Gasteiger charge is -2.34. The molecule has 2 amide bonds. The summed E-state index contributed by atoms with van der Waals surface area (Å²) in [6, 6.07) is 5.14. The first kappa shape index (κ1) is 24.4. The summed E-state index contributed by atoms with van der Waals surface area (Å²) in [4.78, 5) is 29.4. The van der Waals surface area contributed by atoms with E-state index in [2.05, 4.69) is 24.1 Å². The van der Waals surface area contributed by atoms with Crippen molar-refractivity contribution in [3.05, 3.63) is 23.8 Å². The summed E-state index contributed by atoms with van der Waals surface area (Å²) in [6.45, 7) is 12.2. The Bertz CT molecular complexity index is 754. The van der Waals surface area contributed by atoms with Gasteiger partial charge in [0, 0.05) is 44.8 Å². The maximum atomic E-state index is 12.7. The molecular weight excluding hydrogens is 406 g/mol. The highest BCUT2D eigenvalue weighted by molar-refractivity contribution is 5.94. The molecule has 1 N–H and O–H groups in total. The summed E-state index contributed by atoms with van der Waals surface area (Å²) in [7, 11) is 0. The smallest absolute Gasteiger partial charge is 0.260 e. The van der Waals surface area contributed by atoms with Crippen molar-refractivity contribution < 1.29 is 19.1 Å². The molecule has 7 heteroatoms. The van der Waals surface area contributed by atoms with Gasteiger partial charge in [0.15, 0.2) is 18.1 Å². The molecule has 2 heterocycles. The number of amides is 2. The molecule has 0 saturated carbocycles. The number of piperidine rings is 2. The quantitative estimate of drug-likeness (QED) is 0.632. The first-order valence-corrected chi connectivity index (χ1v) is 12.1. The lowest BCUT2D eigenvalue weighted by molar-refractivity contribution is -0.134. The highest BCUT2D eigenvalue weighted by atomic mass is 16.5. The fourth-order valence-corrected chi connectivity index (χ4v) is 4.82. The molecule has 0 bridgehead atoms. The monoisotopic (exact) mass is 445 g/mol. The van der Waals surface area contributed by atoms with Crippen LogP contribution in [0, 0.1) is 11.8 Å². The number of hydrogen-bond acceptors (Lipinski definition) is 5. The molecule has 178 valence electrons. The van der Waals surface area contributed by atoms with Crippen LogP contribution in [0.25, 0.3) is 0 Å². The maximum Gasteiger partial charge on any atom is 0.260 e. The van der Waals surface area contributed by atoms with E-state index in [1.807, 2.05) is 11.8 Å². The zero-order valence-electron chi connectivity index (χ0n) is 19.9. The van der Waals surface area contributed by atoms with Gasteiger partial charge in [-0.25, -0.2) is 0 Å². The van der Waals surface area contributed by atoms with Crippen LogP contribution in [0.4, 0.5) is 0 Å². The molecule has 2 atom stereocenters. The van der Waals surface area contributed by atoms with E-state index in [0.29, 0.717) is 42.0 Å². The first-order chi connectivity index (χ1) is 15.5. The molecule has 2 unspecified atom stereocenters. The van der Waals surface area contributed by atoms with Crippen molar-refractivity contribution in [2.24, 2.45) is 11.8 Å². The summed E-state index contributed by atoms with van der Waals surface area (Å²) in [6.07, 6.45) is 4.56. The molecule has 0 radical (unpaired) electrons. The average molecular weight is 446 g/mol. The lowest BCUT2D eigenvalue weighted by Crippen LogP contribution is -2.42. The van der Waals surface area contributed by atoms with E-state index in [1.165, 1.54) is 12.8 Å². The van der Waals surface area contributed by atoms with Crippen molar-refractivity contribution in [1.82, 2.24) is 15.1 Å². The lowest BCUT2D eigenvalue weighted by atomic mass is 9.92. The van der Waals surface area contributed by atoms with Crippen LogP contribution in [0.5, 0.6) is 11.5 Å². The van der Waals surface area contributed by atoms with Crippen LogP contribution in [0.3, 0.4) is 0 Å². The zero-order chi connectivity index (χ0) is 22.9. The van der Waals surface area contributed by atoms with Crippen molar-refractivity contribution in [1.29, 1.82) is 0 Å². The molecule has 2 fully saturated rings. The Morgan fingerprint density at radius 2 is 1.75 bits per heavy atom. The SMILES string of the molecule is CCOc1cc(C(=O)NCCN2CC(C)CC(C)C2)ccc1OCC(=O)N1CCCCC1. The van der Waals surface area contributed by atoms with E-state index < -0.39 is 0 Å². The van der Waals surface area contributed by atoms with Crippen LogP contribution >= 0.6 is 0 Å². The Hall–Kier alpha value is -2.28. The average Bonchev–Trinajstić information content (AvgIpc) is 2.78. The van der Waals surface area contributed by atoms with Gasteiger partial charge < -0.3 is 24.6 Å². The van der Waals surface area contributed by atoms with E-state index in [1.54, 1.807) is 18.2 Å². The molecule has 0 spiro atoms. The predicted molar refractivity (Wildman–Crippen MR) is 125 cm³/mol. The van der Waals surface area contributed by atoms with Crippen LogP contribution in [0.15, 0.2) is 18.2 Å². The van der Waals surface area contributed by atoms with Gasteiger partial charge in [-0.05, 0) is 62.6 Å². The molecule has 0 aliphatic carbocycles. The number of rotatable bonds is 9. The molecule has 2 aliphatic rings. The number of carbonyl (C=O) groups is 2. The summed E-state index contributed by atoms with van der Waals surface area (Å²) >= 11 is 0. The minimum absolute atomic E-state index is 0.00434. The van der Waals surface area contributed by atoms with Crippen LogP contribution < -0.4 is 14.8 Å². The van der Waals surface area contributed by atoms with E-state index in [9.17, 15) is 9.59 Å². The van der Waals surface area contributed by atoms with Crippen molar-refractivity contribution >= 4 is 11.8 Å². The Balaban J connectivity index is 1.52. The van der Waals surface area contributed by atoms with Crippen molar-refractivity contribution in [3.8, 4) is 11.5 Å². The van der Waals surface area contributed by atoms with Crippen molar-refractivity contribution in [2.45, 2.75) is 46.5 Å². The van der Waals surface area contributed by atoms with E-state index in [-0.39, 0.29) is 18.4 Å². The number of ether oxygens (including phenoxy) is 2. The number of hydrogen-bond donors (Lipinski definition) is 1. The number of nitrogens with one attached hydrogen (secondary N) is 1. The van der Waals surface area contributed by atoms with Gasteiger partial charge in [0.1, 0.15) is 0 Å². The summed E-state index contributed by atoms with van der Waals surface area (Å²) in [5, 5.41) is 3.02. The Kier molecular flexibility index (Phi) is 9.21. The van der Waals surface area contributed by atoms with Gasteiger partial charge in [-0.3, -0.25) is 9.59 Å².